The van der Waals surface area contributed by atoms with Crippen LogP contribution in [-0.2, 0) is 19.1 Å². The van der Waals surface area contributed by atoms with E-state index in [9.17, 15) is 14.4 Å². The second-order valence-corrected chi connectivity index (χ2v) is 7.53. The number of piperazine rings is 1. The molecule has 0 bridgehead atoms. The van der Waals surface area contributed by atoms with Crippen molar-refractivity contribution < 1.29 is 23.9 Å². The predicted molar refractivity (Wildman–Crippen MR) is 109 cm³/mol. The minimum absolute atomic E-state index is 0.0786. The zero-order valence-electron chi connectivity index (χ0n) is 16.3. The zero-order valence-corrected chi connectivity index (χ0v) is 17.1. The van der Waals surface area contributed by atoms with Crippen molar-refractivity contribution >= 4 is 35.1 Å². The van der Waals surface area contributed by atoms with Gasteiger partial charge in [-0.2, -0.15) is 0 Å². The second kappa shape index (κ2) is 9.80. The molecular weight excluding hydrogens is 394 g/mol. The van der Waals surface area contributed by atoms with E-state index in [4.69, 9.17) is 21.7 Å². The fraction of sp³-hybridized carbons (Fsp3) is 0.500. The lowest BCUT2D eigenvalue weighted by Gasteiger charge is -2.36. The molecular formula is C20H25N3O5S. The third kappa shape index (κ3) is 5.74. The van der Waals surface area contributed by atoms with Crippen LogP contribution in [0.1, 0.15) is 35.2 Å². The number of hydrogen-bond donors (Lipinski definition) is 2. The summed E-state index contributed by atoms with van der Waals surface area (Å²) >= 11 is 5.35. The van der Waals surface area contributed by atoms with Crippen LogP contribution in [0.2, 0.25) is 0 Å². The Hall–Kier alpha value is -2.52. The average molecular weight is 420 g/mol. The number of esters is 1. The first-order valence-electron chi connectivity index (χ1n) is 9.67. The van der Waals surface area contributed by atoms with Gasteiger partial charge >= 0.3 is 5.97 Å². The van der Waals surface area contributed by atoms with Crippen LogP contribution in [0.3, 0.4) is 0 Å². The molecule has 2 N–H and O–H groups in total. The average Bonchev–Trinajstić information content (AvgIpc) is 3.22. The summed E-state index contributed by atoms with van der Waals surface area (Å²) in [5.41, 5.74) is 1.50. The first-order chi connectivity index (χ1) is 13.9. The van der Waals surface area contributed by atoms with Gasteiger partial charge in [-0.15, -0.1) is 0 Å². The molecule has 9 heteroatoms. The van der Waals surface area contributed by atoms with E-state index in [1.165, 1.54) is 0 Å². The number of benzene rings is 1. The summed E-state index contributed by atoms with van der Waals surface area (Å²) in [5.74, 6) is -1.18. The molecule has 1 aromatic rings. The van der Waals surface area contributed by atoms with Crippen molar-refractivity contribution in [2.24, 2.45) is 0 Å². The first-order valence-corrected chi connectivity index (χ1v) is 10.1. The number of carbonyl (C=O) groups is 3. The molecule has 0 spiro atoms. The molecule has 0 aliphatic carbocycles. The maximum Gasteiger partial charge on any atom is 0.308 e. The number of rotatable bonds is 5. The second-order valence-electron chi connectivity index (χ2n) is 7.15. The van der Waals surface area contributed by atoms with Crippen molar-refractivity contribution in [1.29, 1.82) is 0 Å². The number of amides is 2. The summed E-state index contributed by atoms with van der Waals surface area (Å²) in [7, 11) is 0. The number of hydrogen-bond acceptors (Lipinski definition) is 6. The Kier molecular flexibility index (Phi) is 7.16. The van der Waals surface area contributed by atoms with Gasteiger partial charge in [-0.3, -0.25) is 19.7 Å². The number of nitrogens with one attached hydrogen (secondary N) is 2. The van der Waals surface area contributed by atoms with Crippen LogP contribution in [-0.4, -0.2) is 66.2 Å². The molecule has 29 heavy (non-hydrogen) atoms. The van der Waals surface area contributed by atoms with E-state index >= 15 is 0 Å². The fourth-order valence-corrected chi connectivity index (χ4v) is 3.60. The van der Waals surface area contributed by atoms with Crippen LogP contribution < -0.4 is 10.6 Å². The Labute approximate surface area is 174 Å². The minimum Gasteiger partial charge on any atom is -0.463 e. The van der Waals surface area contributed by atoms with E-state index in [1.807, 2.05) is 19.1 Å². The lowest BCUT2D eigenvalue weighted by molar-refractivity contribution is -0.150. The van der Waals surface area contributed by atoms with E-state index in [0.29, 0.717) is 25.3 Å². The highest BCUT2D eigenvalue weighted by atomic mass is 32.1. The normalized spacial score (nSPS) is 21.4. The van der Waals surface area contributed by atoms with Gasteiger partial charge in [0.1, 0.15) is 12.6 Å². The molecule has 2 saturated heterocycles. The van der Waals surface area contributed by atoms with E-state index < -0.39 is 12.0 Å². The standard InChI is InChI=1S/C20H25N3O5S/c1-13-4-6-14(7-5-13)18(25)22-20(29)23-9-8-21-19(26)16(23)11-17(24)28-12-15-3-2-10-27-15/h4-7,15-16H,2-3,8-12H2,1H3,(H,21,26)(H,22,25,29)/t15-,16-/m0/s1. The number of aryl methyl sites for hydroxylation is 1. The third-order valence-electron chi connectivity index (χ3n) is 4.94. The third-order valence-corrected chi connectivity index (χ3v) is 5.28. The van der Waals surface area contributed by atoms with Gasteiger partial charge in [-0.05, 0) is 44.1 Å². The lowest BCUT2D eigenvalue weighted by Crippen LogP contribution is -2.60. The van der Waals surface area contributed by atoms with Crippen molar-refractivity contribution in [3.8, 4) is 0 Å². The van der Waals surface area contributed by atoms with Gasteiger partial charge in [0.2, 0.25) is 5.91 Å². The van der Waals surface area contributed by atoms with E-state index in [0.717, 1.165) is 18.4 Å². The molecule has 0 unspecified atom stereocenters. The Balaban J connectivity index is 1.58. The molecule has 0 saturated carbocycles. The highest BCUT2D eigenvalue weighted by Crippen LogP contribution is 2.14. The molecule has 156 valence electrons. The smallest absolute Gasteiger partial charge is 0.308 e. The molecule has 2 atom stereocenters. The quantitative estimate of drug-likeness (QED) is 0.541. The van der Waals surface area contributed by atoms with Gasteiger partial charge in [0.25, 0.3) is 5.91 Å². The first kappa shape index (κ1) is 21.2. The summed E-state index contributed by atoms with van der Waals surface area (Å²) in [6.45, 7) is 3.56. The van der Waals surface area contributed by atoms with Crippen molar-refractivity contribution in [3.63, 3.8) is 0 Å². The largest absolute Gasteiger partial charge is 0.463 e. The summed E-state index contributed by atoms with van der Waals surface area (Å²) < 4.78 is 10.7. The number of ether oxygens (including phenoxy) is 2. The van der Waals surface area contributed by atoms with Gasteiger partial charge < -0.3 is 19.7 Å². The Morgan fingerprint density at radius 3 is 2.79 bits per heavy atom. The molecule has 0 radical (unpaired) electrons. The molecule has 1 aromatic carbocycles. The Morgan fingerprint density at radius 2 is 2.10 bits per heavy atom. The molecule has 8 nitrogen and oxygen atoms in total. The van der Waals surface area contributed by atoms with Gasteiger partial charge in [0, 0.05) is 25.3 Å². The summed E-state index contributed by atoms with van der Waals surface area (Å²) in [5, 5.41) is 5.49. The van der Waals surface area contributed by atoms with Crippen molar-refractivity contribution in [2.45, 2.75) is 38.3 Å². The molecule has 2 aliphatic heterocycles. The summed E-state index contributed by atoms with van der Waals surface area (Å²) in [6.07, 6.45) is 1.58. The topological polar surface area (TPSA) is 97.0 Å². The van der Waals surface area contributed by atoms with Gasteiger partial charge in [0.15, 0.2) is 5.11 Å². The monoisotopic (exact) mass is 419 g/mol. The number of thiocarbonyl (C=S) groups is 1. The molecule has 3 rings (SSSR count). The summed E-state index contributed by atoms with van der Waals surface area (Å²) in [6, 6.07) is 6.25. The van der Waals surface area contributed by atoms with Crippen LogP contribution in [0.15, 0.2) is 24.3 Å². The minimum atomic E-state index is -0.827. The molecule has 2 fully saturated rings. The van der Waals surface area contributed by atoms with E-state index in [-0.39, 0.29) is 36.1 Å². The van der Waals surface area contributed by atoms with Crippen molar-refractivity contribution in [1.82, 2.24) is 15.5 Å². The maximum absolute atomic E-state index is 12.4. The Bertz CT molecular complexity index is 777. The van der Waals surface area contributed by atoms with Crippen LogP contribution in [0, 0.1) is 6.92 Å². The van der Waals surface area contributed by atoms with Gasteiger partial charge in [-0.1, -0.05) is 17.7 Å². The highest BCUT2D eigenvalue weighted by Gasteiger charge is 2.34. The zero-order chi connectivity index (χ0) is 20.8. The van der Waals surface area contributed by atoms with Crippen LogP contribution in [0.4, 0.5) is 0 Å². The predicted octanol–water partition coefficient (Wildman–Crippen LogP) is 0.922. The molecule has 2 aliphatic rings. The van der Waals surface area contributed by atoms with Gasteiger partial charge in [0.05, 0.1) is 12.5 Å². The molecule has 2 heterocycles. The lowest BCUT2D eigenvalue weighted by atomic mass is 10.1. The van der Waals surface area contributed by atoms with Crippen LogP contribution in [0.25, 0.3) is 0 Å². The van der Waals surface area contributed by atoms with Gasteiger partial charge in [-0.25, -0.2) is 0 Å². The number of carbonyl (C=O) groups excluding carboxylic acids is 3. The Morgan fingerprint density at radius 1 is 1.34 bits per heavy atom. The summed E-state index contributed by atoms with van der Waals surface area (Å²) in [4.78, 5) is 38.6. The van der Waals surface area contributed by atoms with Crippen molar-refractivity contribution in [2.75, 3.05) is 26.3 Å². The van der Waals surface area contributed by atoms with E-state index in [2.05, 4.69) is 10.6 Å². The van der Waals surface area contributed by atoms with E-state index in [1.54, 1.807) is 17.0 Å². The fourth-order valence-electron chi connectivity index (χ4n) is 3.29. The number of nitrogens with zero attached hydrogens (tertiary/aromatic N) is 1. The maximum atomic E-state index is 12.4. The van der Waals surface area contributed by atoms with Crippen LogP contribution in [0.5, 0.6) is 0 Å². The molecule has 0 aromatic heterocycles. The SMILES string of the molecule is Cc1ccc(C(=O)NC(=S)N2CCNC(=O)[C@@H]2CC(=O)OC[C@@H]2CCCO2)cc1. The highest BCUT2D eigenvalue weighted by molar-refractivity contribution is 7.80. The molecule has 2 amide bonds. The van der Waals surface area contributed by atoms with Crippen LogP contribution >= 0.6 is 12.2 Å². The van der Waals surface area contributed by atoms with Crippen molar-refractivity contribution in [3.05, 3.63) is 35.4 Å².